The van der Waals surface area contributed by atoms with E-state index >= 15 is 0 Å². The van der Waals surface area contributed by atoms with E-state index in [9.17, 15) is 8.42 Å². The van der Waals surface area contributed by atoms with Crippen molar-refractivity contribution in [2.75, 3.05) is 29.9 Å². The molecule has 0 amide bonds. The smallest absolute Gasteiger partial charge is 0.262 e. The van der Waals surface area contributed by atoms with Crippen LogP contribution in [0.1, 0.15) is 20.3 Å². The average Bonchev–Trinajstić information content (AvgIpc) is 2.45. The van der Waals surface area contributed by atoms with E-state index in [0.29, 0.717) is 12.2 Å². The van der Waals surface area contributed by atoms with E-state index in [1.807, 2.05) is 13.8 Å². The summed E-state index contributed by atoms with van der Waals surface area (Å²) in [6.07, 6.45) is 2.47. The Morgan fingerprint density at radius 2 is 2.35 bits per heavy atom. The zero-order valence-electron chi connectivity index (χ0n) is 11.9. The Hall–Kier alpha value is -0.790. The Kier molecular flexibility index (Phi) is 5.29. The van der Waals surface area contributed by atoms with E-state index in [1.165, 1.54) is 6.20 Å². The van der Waals surface area contributed by atoms with Crippen molar-refractivity contribution in [3.63, 3.8) is 0 Å². The standard InChI is InChI=1S/C13H21N3O2S2/c1-3-6-14-12-5-4-7-15-13(12)20(17,18)16-8-9-19-10-11(16)2/h4-5,7,11,14H,3,6,8-10H2,1-2H3. The molecule has 1 N–H and O–H groups in total. The van der Waals surface area contributed by atoms with Crippen LogP contribution < -0.4 is 5.32 Å². The van der Waals surface area contributed by atoms with Gasteiger partial charge in [-0.15, -0.1) is 0 Å². The molecule has 1 aliphatic rings. The van der Waals surface area contributed by atoms with Crippen molar-refractivity contribution >= 4 is 27.5 Å². The number of nitrogens with one attached hydrogen (secondary N) is 1. The molecule has 2 heterocycles. The third-order valence-corrected chi connectivity index (χ3v) is 6.36. The van der Waals surface area contributed by atoms with E-state index in [4.69, 9.17) is 0 Å². The first-order chi connectivity index (χ1) is 9.57. The SMILES string of the molecule is CCCNc1cccnc1S(=O)(=O)N1CCSCC1C. The van der Waals surface area contributed by atoms with Gasteiger partial charge in [0.25, 0.3) is 10.0 Å². The van der Waals surface area contributed by atoms with Gasteiger partial charge in [-0.3, -0.25) is 0 Å². The molecule has 0 spiro atoms. The highest BCUT2D eigenvalue weighted by Crippen LogP contribution is 2.27. The van der Waals surface area contributed by atoms with Gasteiger partial charge in [0.05, 0.1) is 5.69 Å². The van der Waals surface area contributed by atoms with Crippen LogP contribution in [-0.2, 0) is 10.0 Å². The number of anilines is 1. The van der Waals surface area contributed by atoms with Gasteiger partial charge in [0.2, 0.25) is 0 Å². The molecular weight excluding hydrogens is 294 g/mol. The maximum absolute atomic E-state index is 12.8. The Labute approximate surface area is 125 Å². The number of pyridine rings is 1. The normalized spacial score (nSPS) is 20.8. The molecule has 20 heavy (non-hydrogen) atoms. The van der Waals surface area contributed by atoms with Crippen LogP contribution in [0.25, 0.3) is 0 Å². The zero-order valence-corrected chi connectivity index (χ0v) is 13.5. The molecule has 5 nitrogen and oxygen atoms in total. The molecule has 112 valence electrons. The minimum Gasteiger partial charge on any atom is -0.383 e. The first-order valence-corrected chi connectivity index (χ1v) is 9.45. The fourth-order valence-electron chi connectivity index (χ4n) is 2.17. The van der Waals surface area contributed by atoms with Crippen molar-refractivity contribution in [2.45, 2.75) is 31.3 Å². The van der Waals surface area contributed by atoms with Crippen molar-refractivity contribution in [2.24, 2.45) is 0 Å². The summed E-state index contributed by atoms with van der Waals surface area (Å²) in [4.78, 5) is 4.11. The molecule has 0 radical (unpaired) electrons. The lowest BCUT2D eigenvalue weighted by atomic mass is 10.4. The molecule has 0 aliphatic carbocycles. The predicted molar refractivity (Wildman–Crippen MR) is 83.7 cm³/mol. The van der Waals surface area contributed by atoms with Crippen LogP contribution in [0.4, 0.5) is 5.69 Å². The molecule has 1 aliphatic heterocycles. The molecule has 0 aromatic carbocycles. The maximum Gasteiger partial charge on any atom is 0.262 e. The van der Waals surface area contributed by atoms with Crippen molar-refractivity contribution in [3.8, 4) is 0 Å². The largest absolute Gasteiger partial charge is 0.383 e. The van der Waals surface area contributed by atoms with E-state index in [-0.39, 0.29) is 11.1 Å². The monoisotopic (exact) mass is 315 g/mol. The van der Waals surface area contributed by atoms with Crippen LogP contribution in [0.15, 0.2) is 23.4 Å². The van der Waals surface area contributed by atoms with E-state index < -0.39 is 10.0 Å². The summed E-state index contributed by atoms with van der Waals surface area (Å²) in [5, 5.41) is 3.29. The molecule has 1 unspecified atom stereocenters. The van der Waals surface area contributed by atoms with Crippen LogP contribution in [0.5, 0.6) is 0 Å². The number of hydrogen-bond donors (Lipinski definition) is 1. The van der Waals surface area contributed by atoms with Crippen LogP contribution in [0.2, 0.25) is 0 Å². The maximum atomic E-state index is 12.8. The van der Waals surface area contributed by atoms with Crippen LogP contribution in [0, 0.1) is 0 Å². The van der Waals surface area contributed by atoms with Gasteiger partial charge in [0.15, 0.2) is 5.03 Å². The Bertz CT molecular complexity index is 548. The minimum absolute atomic E-state index is 0.0137. The molecule has 1 aromatic heterocycles. The minimum atomic E-state index is -3.53. The topological polar surface area (TPSA) is 62.3 Å². The second-order valence-corrected chi connectivity index (χ2v) is 7.78. The number of nitrogens with zero attached hydrogens (tertiary/aromatic N) is 2. The predicted octanol–water partition coefficient (Wildman–Crippen LogP) is 2.03. The van der Waals surface area contributed by atoms with Gasteiger partial charge >= 0.3 is 0 Å². The highest BCUT2D eigenvalue weighted by molar-refractivity contribution is 7.99. The third-order valence-electron chi connectivity index (χ3n) is 3.20. The molecule has 0 bridgehead atoms. The lowest BCUT2D eigenvalue weighted by Crippen LogP contribution is -2.44. The van der Waals surface area contributed by atoms with Crippen LogP contribution >= 0.6 is 11.8 Å². The molecule has 1 atom stereocenters. The summed E-state index contributed by atoms with van der Waals surface area (Å²) in [7, 11) is -3.53. The average molecular weight is 315 g/mol. The van der Waals surface area contributed by atoms with Crippen molar-refractivity contribution in [1.82, 2.24) is 9.29 Å². The van der Waals surface area contributed by atoms with E-state index in [2.05, 4.69) is 10.3 Å². The van der Waals surface area contributed by atoms with Crippen LogP contribution in [0.3, 0.4) is 0 Å². The fourth-order valence-corrected chi connectivity index (χ4v) is 5.11. The number of hydrogen-bond acceptors (Lipinski definition) is 5. The first-order valence-electron chi connectivity index (χ1n) is 6.86. The van der Waals surface area contributed by atoms with Gasteiger partial charge in [-0.2, -0.15) is 16.1 Å². The summed E-state index contributed by atoms with van der Waals surface area (Å²) in [6, 6.07) is 3.55. The quantitative estimate of drug-likeness (QED) is 0.901. The second-order valence-electron chi connectivity index (χ2n) is 4.82. The first kappa shape index (κ1) is 15.6. The Morgan fingerprint density at radius 1 is 1.55 bits per heavy atom. The number of thioether (sulfide) groups is 1. The second kappa shape index (κ2) is 6.78. The highest BCUT2D eigenvalue weighted by atomic mass is 32.2. The molecule has 1 saturated heterocycles. The molecule has 1 aromatic rings. The lowest BCUT2D eigenvalue weighted by Gasteiger charge is -2.32. The zero-order chi connectivity index (χ0) is 14.6. The van der Waals surface area contributed by atoms with Crippen molar-refractivity contribution < 1.29 is 8.42 Å². The fraction of sp³-hybridized carbons (Fsp3) is 0.615. The van der Waals surface area contributed by atoms with Gasteiger partial charge in [0, 0.05) is 36.8 Å². The molecule has 7 heteroatoms. The summed E-state index contributed by atoms with van der Waals surface area (Å²) >= 11 is 1.79. The lowest BCUT2D eigenvalue weighted by molar-refractivity contribution is 0.366. The van der Waals surface area contributed by atoms with E-state index in [1.54, 1.807) is 28.2 Å². The summed E-state index contributed by atoms with van der Waals surface area (Å²) < 4.78 is 27.2. The Balaban J connectivity index is 2.33. The molecule has 2 rings (SSSR count). The van der Waals surface area contributed by atoms with Crippen molar-refractivity contribution in [3.05, 3.63) is 18.3 Å². The third kappa shape index (κ3) is 3.27. The van der Waals surface area contributed by atoms with Gasteiger partial charge in [-0.25, -0.2) is 13.4 Å². The Morgan fingerprint density at radius 3 is 3.05 bits per heavy atom. The summed E-state index contributed by atoms with van der Waals surface area (Å²) in [5.74, 6) is 1.68. The number of aromatic nitrogens is 1. The summed E-state index contributed by atoms with van der Waals surface area (Å²) in [6.45, 7) is 5.28. The van der Waals surface area contributed by atoms with Gasteiger partial charge < -0.3 is 5.32 Å². The van der Waals surface area contributed by atoms with Gasteiger partial charge in [-0.05, 0) is 25.5 Å². The number of sulfonamides is 1. The molecule has 1 fully saturated rings. The van der Waals surface area contributed by atoms with Crippen LogP contribution in [-0.4, -0.2) is 48.3 Å². The molecular formula is C13H21N3O2S2. The number of rotatable bonds is 5. The highest BCUT2D eigenvalue weighted by Gasteiger charge is 2.33. The molecule has 0 saturated carbocycles. The summed E-state index contributed by atoms with van der Waals surface area (Å²) in [5.41, 5.74) is 0.597. The van der Waals surface area contributed by atoms with Gasteiger partial charge in [-0.1, -0.05) is 6.92 Å². The van der Waals surface area contributed by atoms with Gasteiger partial charge in [0.1, 0.15) is 0 Å². The van der Waals surface area contributed by atoms with Crippen molar-refractivity contribution in [1.29, 1.82) is 0 Å². The van der Waals surface area contributed by atoms with E-state index in [0.717, 1.165) is 24.5 Å².